The first kappa shape index (κ1) is 13.8. The molecule has 2 aromatic rings. The fraction of sp³-hybridized carbons (Fsp3) is 0.375. The largest absolute Gasteiger partial charge is 0.480 e. The molecule has 0 aliphatic heterocycles. The predicted octanol–water partition coefficient (Wildman–Crippen LogP) is 1.92. The highest BCUT2D eigenvalue weighted by molar-refractivity contribution is 5.81. The Balaban J connectivity index is 2.03. The molecule has 1 fully saturated rings. The fourth-order valence-corrected chi connectivity index (χ4v) is 2.60. The second kappa shape index (κ2) is 5.33. The molecule has 1 heterocycles. The summed E-state index contributed by atoms with van der Waals surface area (Å²) in [5.74, 6) is -0.0390. The topological polar surface area (TPSA) is 67.2 Å². The number of aliphatic carboxylic acids is 1. The van der Waals surface area contributed by atoms with Gasteiger partial charge in [0.15, 0.2) is 5.54 Å². The highest BCUT2D eigenvalue weighted by Gasteiger charge is 2.44. The monoisotopic (exact) mass is 285 g/mol. The molecular weight excluding hydrogens is 266 g/mol. The van der Waals surface area contributed by atoms with Crippen LogP contribution in [0.5, 0.6) is 0 Å². The summed E-state index contributed by atoms with van der Waals surface area (Å²) in [6.45, 7) is 2.21. The molecule has 0 radical (unpaired) electrons. The van der Waals surface area contributed by atoms with Crippen molar-refractivity contribution >= 4 is 5.97 Å². The number of hydrogen-bond acceptors (Lipinski definition) is 3. The van der Waals surface area contributed by atoms with E-state index in [1.165, 1.54) is 0 Å². The van der Waals surface area contributed by atoms with Gasteiger partial charge < -0.3 is 9.67 Å². The van der Waals surface area contributed by atoms with Gasteiger partial charge in [0, 0.05) is 18.4 Å². The number of nitrogens with zero attached hydrogens (tertiary/aromatic N) is 2. The van der Waals surface area contributed by atoms with E-state index in [9.17, 15) is 9.90 Å². The van der Waals surface area contributed by atoms with Crippen molar-refractivity contribution in [2.45, 2.75) is 37.9 Å². The lowest BCUT2D eigenvalue weighted by Crippen LogP contribution is -2.53. The predicted molar refractivity (Wildman–Crippen MR) is 78.9 cm³/mol. The normalized spacial score (nSPS) is 17.4. The molecule has 1 aromatic heterocycles. The van der Waals surface area contributed by atoms with Gasteiger partial charge in [-0.15, -0.1) is 0 Å². The summed E-state index contributed by atoms with van der Waals surface area (Å²) in [5.41, 5.74) is -0.342. The van der Waals surface area contributed by atoms with Gasteiger partial charge >= 0.3 is 5.97 Å². The van der Waals surface area contributed by atoms with Gasteiger partial charge in [-0.2, -0.15) is 0 Å². The van der Waals surface area contributed by atoms with Crippen LogP contribution in [0.2, 0.25) is 0 Å². The number of carboxylic acid groups (broad SMARTS) is 1. The number of aryl methyl sites for hydroxylation is 1. The number of imidazole rings is 1. The molecule has 0 saturated heterocycles. The Kier molecular flexibility index (Phi) is 3.51. The molecule has 1 aliphatic carbocycles. The van der Waals surface area contributed by atoms with Crippen molar-refractivity contribution in [3.05, 3.63) is 54.1 Å². The zero-order valence-electron chi connectivity index (χ0n) is 12.0. The number of aromatic nitrogens is 2. The quantitative estimate of drug-likeness (QED) is 0.851. The zero-order chi connectivity index (χ0) is 14.9. The van der Waals surface area contributed by atoms with Crippen LogP contribution in [0.1, 0.15) is 24.2 Å². The number of carboxylic acids is 1. The second-order valence-electron chi connectivity index (χ2n) is 5.60. The minimum atomic E-state index is -1.12. The van der Waals surface area contributed by atoms with E-state index in [-0.39, 0.29) is 6.04 Å². The minimum Gasteiger partial charge on any atom is -0.480 e. The van der Waals surface area contributed by atoms with Crippen LogP contribution in [0.25, 0.3) is 0 Å². The summed E-state index contributed by atoms with van der Waals surface area (Å²) in [6, 6.07) is 9.68. The standard InChI is InChI=1S/C16H19N3O2/c1-12-17-9-10-19(12)11-16(15(20)21,18-14-7-8-14)13-5-3-2-4-6-13/h2-6,9-10,14,18H,7-8,11H2,1H3,(H,20,21). The third-order valence-electron chi connectivity index (χ3n) is 3.99. The number of rotatable bonds is 6. The Morgan fingerprint density at radius 3 is 2.67 bits per heavy atom. The van der Waals surface area contributed by atoms with Gasteiger partial charge in [-0.05, 0) is 25.3 Å². The van der Waals surface area contributed by atoms with Crippen molar-refractivity contribution in [1.82, 2.24) is 14.9 Å². The molecule has 1 aliphatic rings. The van der Waals surface area contributed by atoms with E-state index in [1.807, 2.05) is 48.0 Å². The van der Waals surface area contributed by atoms with Gasteiger partial charge in [-0.1, -0.05) is 30.3 Å². The molecule has 5 heteroatoms. The Morgan fingerprint density at radius 1 is 1.43 bits per heavy atom. The van der Waals surface area contributed by atoms with Crippen LogP contribution in [0.15, 0.2) is 42.7 Å². The second-order valence-corrected chi connectivity index (χ2v) is 5.60. The van der Waals surface area contributed by atoms with Gasteiger partial charge in [0.05, 0.1) is 6.54 Å². The summed E-state index contributed by atoms with van der Waals surface area (Å²) < 4.78 is 1.89. The SMILES string of the molecule is Cc1nccn1CC(NC1CC1)(C(=O)O)c1ccccc1. The van der Waals surface area contributed by atoms with Crippen molar-refractivity contribution < 1.29 is 9.90 Å². The molecule has 0 spiro atoms. The summed E-state index contributed by atoms with van der Waals surface area (Å²) in [7, 11) is 0. The van der Waals surface area contributed by atoms with Gasteiger partial charge in [-0.25, -0.2) is 9.78 Å². The zero-order valence-corrected chi connectivity index (χ0v) is 12.0. The van der Waals surface area contributed by atoms with Crippen LogP contribution in [-0.4, -0.2) is 26.7 Å². The molecule has 0 amide bonds. The van der Waals surface area contributed by atoms with Crippen LogP contribution >= 0.6 is 0 Å². The summed E-state index contributed by atoms with van der Waals surface area (Å²) in [5, 5.41) is 13.3. The smallest absolute Gasteiger partial charge is 0.330 e. The van der Waals surface area contributed by atoms with Crippen molar-refractivity contribution in [1.29, 1.82) is 0 Å². The number of hydrogen-bond donors (Lipinski definition) is 2. The molecule has 2 N–H and O–H groups in total. The van der Waals surface area contributed by atoms with Gasteiger partial charge in [0.2, 0.25) is 0 Å². The summed E-state index contributed by atoms with van der Waals surface area (Å²) >= 11 is 0. The maximum atomic E-state index is 12.1. The lowest BCUT2D eigenvalue weighted by molar-refractivity contribution is -0.146. The highest BCUT2D eigenvalue weighted by atomic mass is 16.4. The van der Waals surface area contributed by atoms with Gasteiger partial charge in [-0.3, -0.25) is 5.32 Å². The number of nitrogens with one attached hydrogen (secondary N) is 1. The molecule has 1 saturated carbocycles. The van der Waals surface area contributed by atoms with E-state index in [1.54, 1.807) is 6.20 Å². The van der Waals surface area contributed by atoms with Crippen LogP contribution < -0.4 is 5.32 Å². The summed E-state index contributed by atoms with van der Waals surface area (Å²) in [4.78, 5) is 16.3. The first-order chi connectivity index (χ1) is 10.1. The molecule has 1 atom stereocenters. The Morgan fingerprint density at radius 2 is 2.14 bits per heavy atom. The van der Waals surface area contributed by atoms with E-state index in [4.69, 9.17) is 0 Å². The molecule has 1 unspecified atom stereocenters. The molecule has 3 rings (SSSR count). The maximum Gasteiger partial charge on any atom is 0.330 e. The number of carbonyl (C=O) groups is 1. The molecular formula is C16H19N3O2. The van der Waals surface area contributed by atoms with Crippen LogP contribution in [0.3, 0.4) is 0 Å². The van der Waals surface area contributed by atoms with Crippen molar-refractivity contribution in [3.8, 4) is 0 Å². The van der Waals surface area contributed by atoms with E-state index >= 15 is 0 Å². The first-order valence-corrected chi connectivity index (χ1v) is 7.16. The molecule has 5 nitrogen and oxygen atoms in total. The Bertz CT molecular complexity index is 634. The van der Waals surface area contributed by atoms with Crippen molar-refractivity contribution in [2.24, 2.45) is 0 Å². The Hall–Kier alpha value is -2.14. The van der Waals surface area contributed by atoms with Crippen molar-refractivity contribution in [2.75, 3.05) is 0 Å². The van der Waals surface area contributed by atoms with E-state index < -0.39 is 11.5 Å². The van der Waals surface area contributed by atoms with E-state index in [2.05, 4.69) is 10.3 Å². The lowest BCUT2D eigenvalue weighted by Gasteiger charge is -2.32. The molecule has 110 valence electrons. The van der Waals surface area contributed by atoms with Crippen LogP contribution in [0.4, 0.5) is 0 Å². The maximum absolute atomic E-state index is 12.1. The van der Waals surface area contributed by atoms with E-state index in [0.717, 1.165) is 24.2 Å². The van der Waals surface area contributed by atoms with Gasteiger partial charge in [0.1, 0.15) is 5.82 Å². The van der Waals surface area contributed by atoms with Crippen LogP contribution in [-0.2, 0) is 16.9 Å². The van der Waals surface area contributed by atoms with E-state index in [0.29, 0.717) is 6.54 Å². The third-order valence-corrected chi connectivity index (χ3v) is 3.99. The van der Waals surface area contributed by atoms with Crippen molar-refractivity contribution in [3.63, 3.8) is 0 Å². The fourth-order valence-electron chi connectivity index (χ4n) is 2.60. The molecule has 1 aromatic carbocycles. The first-order valence-electron chi connectivity index (χ1n) is 7.16. The molecule has 21 heavy (non-hydrogen) atoms. The average Bonchev–Trinajstić information content (AvgIpc) is 3.21. The Labute approximate surface area is 123 Å². The minimum absolute atomic E-state index is 0.283. The lowest BCUT2D eigenvalue weighted by atomic mass is 9.89. The average molecular weight is 285 g/mol. The highest BCUT2D eigenvalue weighted by Crippen LogP contribution is 2.31. The summed E-state index contributed by atoms with van der Waals surface area (Å²) in [6.07, 6.45) is 5.59. The van der Waals surface area contributed by atoms with Crippen LogP contribution in [0, 0.1) is 6.92 Å². The molecule has 0 bridgehead atoms. The number of benzene rings is 1. The third kappa shape index (κ3) is 2.69. The van der Waals surface area contributed by atoms with Gasteiger partial charge in [0.25, 0.3) is 0 Å².